The van der Waals surface area contributed by atoms with Crippen LogP contribution in [0, 0.1) is 0 Å². The maximum atomic E-state index is 12.5. The lowest BCUT2D eigenvalue weighted by Gasteiger charge is -2.33. The van der Waals surface area contributed by atoms with Crippen LogP contribution in [0.15, 0.2) is 16.6 Å². The van der Waals surface area contributed by atoms with Crippen LogP contribution in [0.3, 0.4) is 0 Å². The van der Waals surface area contributed by atoms with Gasteiger partial charge in [0.2, 0.25) is 5.91 Å². The number of benzene rings is 1. The number of amides is 1. The van der Waals surface area contributed by atoms with Crippen LogP contribution >= 0.6 is 39.1 Å². The summed E-state index contributed by atoms with van der Waals surface area (Å²) in [5, 5.41) is 4.16. The van der Waals surface area contributed by atoms with E-state index in [0.29, 0.717) is 22.3 Å². The number of halogens is 3. The second-order valence-electron chi connectivity index (χ2n) is 4.83. The predicted molar refractivity (Wildman–Crippen MR) is 87.8 cm³/mol. The molecule has 1 aromatic carbocycles. The second kappa shape index (κ2) is 7.12. The van der Waals surface area contributed by atoms with Crippen molar-refractivity contribution < 1.29 is 4.79 Å². The number of carbonyl (C=O) groups excluding carboxylic acids is 1. The Kier molecular flexibility index (Phi) is 5.73. The van der Waals surface area contributed by atoms with E-state index in [0.717, 1.165) is 30.3 Å². The van der Waals surface area contributed by atoms with Gasteiger partial charge in [-0.25, -0.2) is 0 Å². The molecule has 1 saturated heterocycles. The SMILES string of the molecule is CCCNC1CCCN(c2ccc(Br)c(Cl)c2Cl)C1=O. The lowest BCUT2D eigenvalue weighted by Crippen LogP contribution is -2.51. The minimum Gasteiger partial charge on any atom is -0.310 e. The van der Waals surface area contributed by atoms with Gasteiger partial charge in [0.15, 0.2) is 0 Å². The Morgan fingerprint density at radius 1 is 1.40 bits per heavy atom. The standard InChI is InChI=1S/C14H17BrCl2N2O/c1-2-7-18-10-4-3-8-19(14(10)20)11-6-5-9(15)12(16)13(11)17/h5-6,10,18H,2-4,7-8H2,1H3. The molecule has 6 heteroatoms. The molecule has 1 atom stereocenters. The van der Waals surface area contributed by atoms with Gasteiger partial charge in [-0.1, -0.05) is 30.1 Å². The van der Waals surface area contributed by atoms with Gasteiger partial charge in [-0.15, -0.1) is 0 Å². The normalized spacial score (nSPS) is 19.5. The number of nitrogens with one attached hydrogen (secondary N) is 1. The Morgan fingerprint density at radius 2 is 2.15 bits per heavy atom. The van der Waals surface area contributed by atoms with Crippen molar-refractivity contribution in [2.75, 3.05) is 18.0 Å². The summed E-state index contributed by atoms with van der Waals surface area (Å²) in [4.78, 5) is 14.3. The number of rotatable bonds is 4. The third-order valence-electron chi connectivity index (χ3n) is 3.38. The quantitative estimate of drug-likeness (QED) is 0.793. The number of nitrogens with zero attached hydrogens (tertiary/aromatic N) is 1. The molecule has 0 spiro atoms. The number of anilines is 1. The highest BCUT2D eigenvalue weighted by atomic mass is 79.9. The molecule has 1 fully saturated rings. The molecule has 0 aromatic heterocycles. The average molecular weight is 380 g/mol. The summed E-state index contributed by atoms with van der Waals surface area (Å²) >= 11 is 15.7. The molecule has 1 aliphatic heterocycles. The number of hydrogen-bond acceptors (Lipinski definition) is 2. The van der Waals surface area contributed by atoms with E-state index in [-0.39, 0.29) is 11.9 Å². The molecule has 1 heterocycles. The summed E-state index contributed by atoms with van der Waals surface area (Å²) in [5.41, 5.74) is 0.688. The molecule has 1 aliphatic rings. The minimum absolute atomic E-state index is 0.0741. The van der Waals surface area contributed by atoms with Crippen molar-refractivity contribution >= 4 is 50.7 Å². The Hall–Kier alpha value is -0.290. The van der Waals surface area contributed by atoms with Gasteiger partial charge in [-0.3, -0.25) is 4.79 Å². The molecule has 0 radical (unpaired) electrons. The lowest BCUT2D eigenvalue weighted by atomic mass is 10.0. The van der Waals surface area contributed by atoms with Gasteiger partial charge in [0.1, 0.15) is 0 Å². The van der Waals surface area contributed by atoms with Crippen molar-refractivity contribution in [2.45, 2.75) is 32.2 Å². The molecule has 1 unspecified atom stereocenters. The van der Waals surface area contributed by atoms with E-state index >= 15 is 0 Å². The van der Waals surface area contributed by atoms with Crippen molar-refractivity contribution in [1.29, 1.82) is 0 Å². The van der Waals surface area contributed by atoms with E-state index in [1.165, 1.54) is 0 Å². The monoisotopic (exact) mass is 378 g/mol. The van der Waals surface area contributed by atoms with Crippen molar-refractivity contribution in [2.24, 2.45) is 0 Å². The van der Waals surface area contributed by atoms with Crippen LogP contribution in [-0.4, -0.2) is 25.0 Å². The zero-order chi connectivity index (χ0) is 14.7. The van der Waals surface area contributed by atoms with Gasteiger partial charge in [0.25, 0.3) is 0 Å². The van der Waals surface area contributed by atoms with Crippen molar-refractivity contribution in [3.8, 4) is 0 Å². The topological polar surface area (TPSA) is 32.3 Å². The molecule has 1 N–H and O–H groups in total. The first-order valence-electron chi connectivity index (χ1n) is 6.74. The summed E-state index contributed by atoms with van der Waals surface area (Å²) in [7, 11) is 0. The molecule has 3 nitrogen and oxygen atoms in total. The van der Waals surface area contributed by atoms with Gasteiger partial charge in [-0.2, -0.15) is 0 Å². The van der Waals surface area contributed by atoms with Gasteiger partial charge in [0.05, 0.1) is 21.8 Å². The Morgan fingerprint density at radius 3 is 2.85 bits per heavy atom. The van der Waals surface area contributed by atoms with Crippen LogP contribution in [0.25, 0.3) is 0 Å². The molecule has 0 aliphatic carbocycles. The number of hydrogen-bond donors (Lipinski definition) is 1. The van der Waals surface area contributed by atoms with Crippen LogP contribution < -0.4 is 10.2 Å². The first-order chi connectivity index (χ1) is 9.56. The highest BCUT2D eigenvalue weighted by Crippen LogP contribution is 2.38. The lowest BCUT2D eigenvalue weighted by molar-refractivity contribution is -0.121. The summed E-state index contributed by atoms with van der Waals surface area (Å²) in [6.07, 6.45) is 2.84. The first-order valence-corrected chi connectivity index (χ1v) is 8.29. The van der Waals surface area contributed by atoms with Crippen molar-refractivity contribution in [3.63, 3.8) is 0 Å². The van der Waals surface area contributed by atoms with E-state index in [1.54, 1.807) is 4.90 Å². The van der Waals surface area contributed by atoms with Gasteiger partial charge < -0.3 is 10.2 Å². The fraction of sp³-hybridized carbons (Fsp3) is 0.500. The number of piperidine rings is 1. The van der Waals surface area contributed by atoms with Crippen molar-refractivity contribution in [3.05, 3.63) is 26.7 Å². The van der Waals surface area contributed by atoms with E-state index in [1.807, 2.05) is 12.1 Å². The molecule has 110 valence electrons. The maximum Gasteiger partial charge on any atom is 0.244 e. The summed E-state index contributed by atoms with van der Waals surface area (Å²) in [6.45, 7) is 3.61. The Bertz CT molecular complexity index is 510. The van der Waals surface area contributed by atoms with Gasteiger partial charge in [0, 0.05) is 11.0 Å². The summed E-state index contributed by atoms with van der Waals surface area (Å²) in [5.74, 6) is 0.0741. The molecule has 2 rings (SSSR count). The summed E-state index contributed by atoms with van der Waals surface area (Å²) in [6, 6.07) is 3.53. The fourth-order valence-corrected chi connectivity index (χ4v) is 3.22. The molecule has 20 heavy (non-hydrogen) atoms. The Balaban J connectivity index is 2.24. The Labute approximate surface area is 137 Å². The van der Waals surface area contributed by atoms with Crippen LogP contribution in [-0.2, 0) is 4.79 Å². The molecule has 1 aromatic rings. The van der Waals surface area contributed by atoms with Crippen LogP contribution in [0.1, 0.15) is 26.2 Å². The van der Waals surface area contributed by atoms with Gasteiger partial charge in [-0.05, 0) is 53.9 Å². The molecule has 1 amide bonds. The van der Waals surface area contributed by atoms with Crippen LogP contribution in [0.5, 0.6) is 0 Å². The smallest absolute Gasteiger partial charge is 0.244 e. The van der Waals surface area contributed by atoms with E-state index < -0.39 is 0 Å². The summed E-state index contributed by atoms with van der Waals surface area (Å²) < 4.78 is 0.734. The second-order valence-corrected chi connectivity index (χ2v) is 6.44. The zero-order valence-corrected chi connectivity index (χ0v) is 14.4. The van der Waals surface area contributed by atoms with E-state index in [4.69, 9.17) is 23.2 Å². The molecular weight excluding hydrogens is 363 g/mol. The highest BCUT2D eigenvalue weighted by molar-refractivity contribution is 9.10. The van der Waals surface area contributed by atoms with Gasteiger partial charge >= 0.3 is 0 Å². The molecule has 0 bridgehead atoms. The maximum absolute atomic E-state index is 12.5. The van der Waals surface area contributed by atoms with Crippen molar-refractivity contribution in [1.82, 2.24) is 5.32 Å². The molecule has 0 saturated carbocycles. The first kappa shape index (κ1) is 16.1. The number of carbonyl (C=O) groups is 1. The third-order valence-corrected chi connectivity index (χ3v) is 5.15. The minimum atomic E-state index is -0.123. The van der Waals surface area contributed by atoms with Crippen LogP contribution in [0.4, 0.5) is 5.69 Å². The fourth-order valence-electron chi connectivity index (χ4n) is 2.35. The predicted octanol–water partition coefficient (Wildman–Crippen LogP) is 4.25. The van der Waals surface area contributed by atoms with E-state index in [9.17, 15) is 4.79 Å². The zero-order valence-electron chi connectivity index (χ0n) is 11.3. The van der Waals surface area contributed by atoms with E-state index in [2.05, 4.69) is 28.2 Å². The molecular formula is C14H17BrCl2N2O. The average Bonchev–Trinajstić information content (AvgIpc) is 2.45. The largest absolute Gasteiger partial charge is 0.310 e. The highest BCUT2D eigenvalue weighted by Gasteiger charge is 2.30. The third kappa shape index (κ3) is 3.30. The van der Waals surface area contributed by atoms with Crippen LogP contribution in [0.2, 0.25) is 10.0 Å².